The third-order valence-corrected chi connectivity index (χ3v) is 4.86. The summed E-state index contributed by atoms with van der Waals surface area (Å²) in [6, 6.07) is 21.1. The molecule has 128 valence electrons. The molecule has 0 unspecified atom stereocenters. The molecule has 0 saturated carbocycles. The molecule has 2 atom stereocenters. The van der Waals surface area contributed by atoms with E-state index in [-0.39, 0.29) is 12.3 Å². The minimum Gasteiger partial charge on any atom is -0.497 e. The van der Waals surface area contributed by atoms with Crippen molar-refractivity contribution in [3.63, 3.8) is 0 Å². The van der Waals surface area contributed by atoms with Crippen molar-refractivity contribution in [1.29, 1.82) is 0 Å². The van der Waals surface area contributed by atoms with Crippen LogP contribution >= 0.6 is 0 Å². The molecule has 3 aromatic rings. The van der Waals surface area contributed by atoms with Gasteiger partial charge in [0.25, 0.3) is 0 Å². The maximum Gasteiger partial charge on any atom is 0.153 e. The molecule has 3 nitrogen and oxygen atoms in total. The van der Waals surface area contributed by atoms with Gasteiger partial charge in [-0.25, -0.2) is 0 Å². The molecule has 1 heterocycles. The van der Waals surface area contributed by atoms with Crippen LogP contribution in [0.1, 0.15) is 31.0 Å². The monoisotopic (exact) mass is 333 g/mol. The number of rotatable bonds is 3. The topological polar surface area (TPSA) is 30.5 Å². The molecule has 3 heteroatoms. The fraction of sp³-hybridized carbons (Fsp3) is 0.273. The van der Waals surface area contributed by atoms with Gasteiger partial charge in [0, 0.05) is 11.5 Å². The molecule has 3 aromatic carbocycles. The van der Waals surface area contributed by atoms with Crippen molar-refractivity contribution in [2.75, 3.05) is 7.11 Å². The Kier molecular flexibility index (Phi) is 4.10. The van der Waals surface area contributed by atoms with E-state index in [0.717, 1.165) is 11.5 Å². The van der Waals surface area contributed by atoms with Crippen molar-refractivity contribution >= 4 is 10.8 Å². The molecule has 0 saturated heterocycles. The summed E-state index contributed by atoms with van der Waals surface area (Å²) in [4.78, 5) is 0. The fourth-order valence-electron chi connectivity index (χ4n) is 3.48. The second kappa shape index (κ2) is 6.41. The molecule has 0 spiro atoms. The molecule has 0 bridgehead atoms. The van der Waals surface area contributed by atoms with Crippen LogP contribution in [0.2, 0.25) is 0 Å². The predicted octanol–water partition coefficient (Wildman–Crippen LogP) is 4.90. The SMILES string of the molecule is COc1ccc([C@@H]2N[C@@H](C(C)C)Oc3ccc4ccccc4c32)cc1. The minimum absolute atomic E-state index is 0.0132. The van der Waals surface area contributed by atoms with Gasteiger partial charge in [-0.05, 0) is 34.5 Å². The van der Waals surface area contributed by atoms with Gasteiger partial charge >= 0.3 is 0 Å². The van der Waals surface area contributed by atoms with Crippen molar-refractivity contribution in [3.8, 4) is 11.5 Å². The Labute approximate surface area is 148 Å². The Morgan fingerprint density at radius 2 is 1.72 bits per heavy atom. The van der Waals surface area contributed by atoms with Crippen LogP contribution in [0.4, 0.5) is 0 Å². The van der Waals surface area contributed by atoms with Crippen LogP contribution in [0.5, 0.6) is 11.5 Å². The molecule has 1 N–H and O–H groups in total. The molecule has 4 rings (SSSR count). The van der Waals surface area contributed by atoms with Crippen molar-refractivity contribution in [2.45, 2.75) is 26.1 Å². The summed E-state index contributed by atoms with van der Waals surface area (Å²) < 4.78 is 11.6. The van der Waals surface area contributed by atoms with Gasteiger partial charge in [0.1, 0.15) is 11.5 Å². The zero-order valence-electron chi connectivity index (χ0n) is 14.8. The van der Waals surface area contributed by atoms with Crippen LogP contribution in [-0.2, 0) is 0 Å². The number of nitrogens with one attached hydrogen (secondary N) is 1. The molecule has 0 fully saturated rings. The smallest absolute Gasteiger partial charge is 0.153 e. The largest absolute Gasteiger partial charge is 0.497 e. The number of fused-ring (bicyclic) bond motifs is 3. The van der Waals surface area contributed by atoms with Gasteiger partial charge in [0.2, 0.25) is 0 Å². The highest BCUT2D eigenvalue weighted by molar-refractivity contribution is 5.89. The van der Waals surface area contributed by atoms with Gasteiger partial charge in [-0.15, -0.1) is 0 Å². The summed E-state index contributed by atoms with van der Waals surface area (Å²) in [6.45, 7) is 4.35. The zero-order valence-corrected chi connectivity index (χ0v) is 14.8. The third-order valence-electron chi connectivity index (χ3n) is 4.86. The number of benzene rings is 3. The molecule has 0 aliphatic carbocycles. The Hall–Kier alpha value is -2.52. The highest BCUT2D eigenvalue weighted by atomic mass is 16.5. The van der Waals surface area contributed by atoms with Crippen molar-refractivity contribution in [2.24, 2.45) is 5.92 Å². The first-order valence-corrected chi connectivity index (χ1v) is 8.75. The number of methoxy groups -OCH3 is 1. The highest BCUT2D eigenvalue weighted by Gasteiger charge is 2.31. The maximum atomic E-state index is 6.26. The Morgan fingerprint density at radius 3 is 2.44 bits per heavy atom. The van der Waals surface area contributed by atoms with E-state index < -0.39 is 0 Å². The van der Waals surface area contributed by atoms with Crippen LogP contribution in [0.15, 0.2) is 60.7 Å². The second-order valence-corrected chi connectivity index (χ2v) is 6.85. The van der Waals surface area contributed by atoms with E-state index in [0.29, 0.717) is 5.92 Å². The van der Waals surface area contributed by atoms with Crippen molar-refractivity contribution < 1.29 is 9.47 Å². The van der Waals surface area contributed by atoms with Gasteiger partial charge in [0.15, 0.2) is 6.23 Å². The lowest BCUT2D eigenvalue weighted by Gasteiger charge is -2.36. The van der Waals surface area contributed by atoms with E-state index in [1.807, 2.05) is 12.1 Å². The Morgan fingerprint density at radius 1 is 0.960 bits per heavy atom. The Bertz CT molecular complexity index is 886. The zero-order chi connectivity index (χ0) is 17.4. The van der Waals surface area contributed by atoms with E-state index in [2.05, 4.69) is 67.7 Å². The fourth-order valence-corrected chi connectivity index (χ4v) is 3.48. The summed E-state index contributed by atoms with van der Waals surface area (Å²) in [5.41, 5.74) is 2.42. The summed E-state index contributed by atoms with van der Waals surface area (Å²) in [5, 5.41) is 6.15. The van der Waals surface area contributed by atoms with Crippen molar-refractivity contribution in [3.05, 3.63) is 71.8 Å². The van der Waals surface area contributed by atoms with Crippen LogP contribution in [0.3, 0.4) is 0 Å². The van der Waals surface area contributed by atoms with E-state index in [9.17, 15) is 0 Å². The molecule has 0 radical (unpaired) electrons. The maximum absolute atomic E-state index is 6.26. The van der Waals surface area contributed by atoms with Crippen molar-refractivity contribution in [1.82, 2.24) is 5.32 Å². The standard InChI is InChI=1S/C22H23NO2/c1-14(2)22-23-21(16-8-11-17(24-3)12-9-16)20-18-7-5-4-6-15(18)10-13-19(20)25-22/h4-14,21-23H,1-3H3/t21-,22+/m0/s1. The number of hydrogen-bond acceptors (Lipinski definition) is 3. The first-order valence-electron chi connectivity index (χ1n) is 8.75. The molecule has 1 aliphatic heterocycles. The number of hydrogen-bond donors (Lipinski definition) is 1. The summed E-state index contributed by atoms with van der Waals surface area (Å²) in [6.07, 6.45) is -0.0132. The molecule has 25 heavy (non-hydrogen) atoms. The third kappa shape index (κ3) is 2.85. The van der Waals surface area contributed by atoms with Crippen LogP contribution in [0, 0.1) is 5.92 Å². The first-order chi connectivity index (χ1) is 12.2. The predicted molar refractivity (Wildman–Crippen MR) is 101 cm³/mol. The molecule has 0 aromatic heterocycles. The average Bonchev–Trinajstić information content (AvgIpc) is 2.67. The number of ether oxygens (including phenoxy) is 2. The second-order valence-electron chi connectivity index (χ2n) is 6.85. The summed E-state index contributed by atoms with van der Waals surface area (Å²) in [7, 11) is 1.69. The quantitative estimate of drug-likeness (QED) is 0.739. The van der Waals surface area contributed by atoms with Gasteiger partial charge in [0.05, 0.1) is 13.2 Å². The van der Waals surface area contributed by atoms with Crippen LogP contribution in [0.25, 0.3) is 10.8 Å². The molecule has 0 amide bonds. The molecular weight excluding hydrogens is 310 g/mol. The lowest BCUT2D eigenvalue weighted by molar-refractivity contribution is 0.0891. The van der Waals surface area contributed by atoms with E-state index in [4.69, 9.17) is 9.47 Å². The molecular formula is C22H23NO2. The van der Waals surface area contributed by atoms with Gasteiger partial charge in [-0.3, -0.25) is 5.32 Å². The Balaban J connectivity index is 1.88. The van der Waals surface area contributed by atoms with Gasteiger partial charge < -0.3 is 9.47 Å². The summed E-state index contributed by atoms with van der Waals surface area (Å²) in [5.74, 6) is 2.21. The van der Waals surface area contributed by atoms with E-state index in [1.54, 1.807) is 7.11 Å². The highest BCUT2D eigenvalue weighted by Crippen LogP contribution is 2.40. The lowest BCUT2D eigenvalue weighted by atomic mass is 9.90. The van der Waals surface area contributed by atoms with Crippen LogP contribution in [-0.4, -0.2) is 13.3 Å². The minimum atomic E-state index is -0.0132. The van der Waals surface area contributed by atoms with Gasteiger partial charge in [-0.1, -0.05) is 56.3 Å². The molecule has 1 aliphatic rings. The first kappa shape index (κ1) is 16.0. The van der Waals surface area contributed by atoms with E-state index in [1.165, 1.54) is 21.9 Å². The summed E-state index contributed by atoms with van der Waals surface area (Å²) >= 11 is 0. The normalized spacial score (nSPS) is 19.5. The van der Waals surface area contributed by atoms with E-state index >= 15 is 0 Å². The van der Waals surface area contributed by atoms with Crippen LogP contribution < -0.4 is 14.8 Å². The van der Waals surface area contributed by atoms with Gasteiger partial charge in [-0.2, -0.15) is 0 Å². The lowest BCUT2D eigenvalue weighted by Crippen LogP contribution is -2.45. The average molecular weight is 333 g/mol.